The van der Waals surface area contributed by atoms with Crippen molar-refractivity contribution >= 4 is 11.6 Å². The lowest BCUT2D eigenvalue weighted by Crippen LogP contribution is -2.36. The number of aryl methyl sites for hydroxylation is 1. The summed E-state index contributed by atoms with van der Waals surface area (Å²) < 4.78 is 0. The first-order valence-corrected chi connectivity index (χ1v) is 4.86. The monoisotopic (exact) mass is 215 g/mol. The zero-order valence-electron chi connectivity index (χ0n) is 8.89. The second-order valence-corrected chi connectivity index (χ2v) is 3.20. The van der Waals surface area contributed by atoms with E-state index in [1.807, 2.05) is 12.1 Å². The number of hydrogen-bond acceptors (Lipinski definition) is 3. The predicted molar refractivity (Wildman–Crippen MR) is 62.2 cm³/mol. The van der Waals surface area contributed by atoms with Crippen molar-refractivity contribution in [3.8, 4) is 6.07 Å². The summed E-state index contributed by atoms with van der Waals surface area (Å²) in [7, 11) is 0. The summed E-state index contributed by atoms with van der Waals surface area (Å²) in [6, 6.07) is 9.30. The van der Waals surface area contributed by atoms with E-state index in [-0.39, 0.29) is 5.91 Å². The molecule has 0 saturated heterocycles. The molecule has 0 spiro atoms. The summed E-state index contributed by atoms with van der Waals surface area (Å²) >= 11 is 0. The van der Waals surface area contributed by atoms with Gasteiger partial charge in [-0.3, -0.25) is 4.79 Å². The number of hydrogen-bond donors (Lipinski definition) is 1. The van der Waals surface area contributed by atoms with Crippen LogP contribution in [0.2, 0.25) is 0 Å². The predicted octanol–water partition coefficient (Wildman–Crippen LogP) is 1.54. The van der Waals surface area contributed by atoms with E-state index in [9.17, 15) is 4.79 Å². The van der Waals surface area contributed by atoms with Crippen molar-refractivity contribution < 1.29 is 4.79 Å². The Morgan fingerprint density at radius 1 is 1.56 bits per heavy atom. The molecule has 0 unspecified atom stereocenters. The Bertz CT molecular complexity index is 434. The summed E-state index contributed by atoms with van der Waals surface area (Å²) in [6.45, 7) is 3.38. The van der Waals surface area contributed by atoms with E-state index >= 15 is 0 Å². The van der Waals surface area contributed by atoms with Crippen LogP contribution in [0.3, 0.4) is 0 Å². The van der Waals surface area contributed by atoms with Crippen LogP contribution in [0.25, 0.3) is 0 Å². The molecular weight excluding hydrogens is 202 g/mol. The van der Waals surface area contributed by atoms with Gasteiger partial charge in [-0.25, -0.2) is 10.9 Å². The smallest absolute Gasteiger partial charge is 0.264 e. The van der Waals surface area contributed by atoms with Gasteiger partial charge >= 0.3 is 0 Å². The Labute approximate surface area is 94.6 Å². The lowest BCUT2D eigenvalue weighted by Gasteiger charge is -2.17. The van der Waals surface area contributed by atoms with Crippen LogP contribution in [-0.4, -0.2) is 5.91 Å². The highest BCUT2D eigenvalue weighted by Crippen LogP contribution is 2.19. The highest BCUT2D eigenvalue weighted by Gasteiger charge is 2.11. The van der Waals surface area contributed by atoms with Crippen molar-refractivity contribution in [1.29, 1.82) is 5.26 Å². The van der Waals surface area contributed by atoms with E-state index < -0.39 is 0 Å². The standard InChI is InChI=1S/C12H13N3O/c1-2-12(16)15(14)11-8-4-3-6-10(11)7-5-9-13/h2-4,6,8H,1,5,7,14H2. The van der Waals surface area contributed by atoms with E-state index in [1.165, 1.54) is 0 Å². The second kappa shape index (κ2) is 5.69. The van der Waals surface area contributed by atoms with Crippen molar-refractivity contribution in [2.75, 3.05) is 5.01 Å². The van der Waals surface area contributed by atoms with Crippen LogP contribution >= 0.6 is 0 Å². The maximum Gasteiger partial charge on any atom is 0.264 e. The van der Waals surface area contributed by atoms with Crippen LogP contribution in [0.15, 0.2) is 36.9 Å². The molecule has 1 aromatic carbocycles. The average Bonchev–Trinajstić information content (AvgIpc) is 2.34. The van der Waals surface area contributed by atoms with Crippen molar-refractivity contribution in [1.82, 2.24) is 0 Å². The van der Waals surface area contributed by atoms with E-state index in [0.29, 0.717) is 18.5 Å². The molecule has 0 heterocycles. The van der Waals surface area contributed by atoms with Crippen LogP contribution in [0.1, 0.15) is 12.0 Å². The molecule has 0 bridgehead atoms. The average molecular weight is 215 g/mol. The molecule has 82 valence electrons. The summed E-state index contributed by atoms with van der Waals surface area (Å²) in [5, 5.41) is 9.58. The third-order valence-corrected chi connectivity index (χ3v) is 2.17. The number of benzene rings is 1. The maximum atomic E-state index is 11.4. The molecule has 4 heteroatoms. The number of rotatable bonds is 4. The van der Waals surface area contributed by atoms with Gasteiger partial charge in [0.2, 0.25) is 0 Å². The summed E-state index contributed by atoms with van der Waals surface area (Å²) in [5.74, 6) is 5.28. The van der Waals surface area contributed by atoms with Crippen LogP contribution in [0, 0.1) is 11.3 Å². The SMILES string of the molecule is C=CC(=O)N(N)c1ccccc1CCC#N. The minimum absolute atomic E-state index is 0.371. The Hall–Kier alpha value is -2.12. The number of para-hydroxylation sites is 1. The summed E-state index contributed by atoms with van der Waals surface area (Å²) in [6.07, 6.45) is 2.12. The quantitative estimate of drug-likeness (QED) is 0.358. The van der Waals surface area contributed by atoms with Crippen LogP contribution in [0.4, 0.5) is 5.69 Å². The van der Waals surface area contributed by atoms with Gasteiger partial charge in [0, 0.05) is 6.42 Å². The van der Waals surface area contributed by atoms with Gasteiger partial charge in [-0.15, -0.1) is 0 Å². The lowest BCUT2D eigenvalue weighted by molar-refractivity contribution is -0.114. The van der Waals surface area contributed by atoms with Gasteiger partial charge < -0.3 is 0 Å². The molecule has 1 amide bonds. The number of hydrazine groups is 1. The third kappa shape index (κ3) is 2.69. The third-order valence-electron chi connectivity index (χ3n) is 2.17. The molecule has 0 atom stereocenters. The van der Waals surface area contributed by atoms with E-state index in [2.05, 4.69) is 12.6 Å². The molecule has 0 saturated carbocycles. The minimum atomic E-state index is -0.371. The van der Waals surface area contributed by atoms with Gasteiger partial charge in [-0.05, 0) is 24.1 Å². The topological polar surface area (TPSA) is 70.1 Å². The zero-order valence-corrected chi connectivity index (χ0v) is 8.89. The lowest BCUT2D eigenvalue weighted by atomic mass is 10.1. The zero-order chi connectivity index (χ0) is 12.0. The molecule has 0 aliphatic carbocycles. The molecular formula is C12H13N3O. The number of anilines is 1. The molecule has 1 aromatic rings. The fourth-order valence-corrected chi connectivity index (χ4v) is 1.36. The van der Waals surface area contributed by atoms with E-state index in [0.717, 1.165) is 16.6 Å². The van der Waals surface area contributed by atoms with Crippen molar-refractivity contribution in [3.05, 3.63) is 42.5 Å². The fraction of sp³-hybridized carbons (Fsp3) is 0.167. The van der Waals surface area contributed by atoms with Crippen molar-refractivity contribution in [3.63, 3.8) is 0 Å². The number of nitrogens with two attached hydrogens (primary N) is 1. The minimum Gasteiger partial charge on any atom is -0.268 e. The van der Waals surface area contributed by atoms with Gasteiger partial charge in [-0.2, -0.15) is 5.26 Å². The summed E-state index contributed by atoms with van der Waals surface area (Å²) in [4.78, 5) is 11.4. The molecule has 0 aliphatic heterocycles. The summed E-state index contributed by atoms with van der Waals surface area (Å²) in [5.41, 5.74) is 1.49. The number of nitriles is 1. The first-order valence-electron chi connectivity index (χ1n) is 4.86. The maximum absolute atomic E-state index is 11.4. The highest BCUT2D eigenvalue weighted by molar-refractivity contribution is 6.00. The van der Waals surface area contributed by atoms with Gasteiger partial charge in [0.1, 0.15) is 0 Å². The molecule has 2 N–H and O–H groups in total. The van der Waals surface area contributed by atoms with Crippen molar-refractivity contribution in [2.24, 2.45) is 5.84 Å². The van der Waals surface area contributed by atoms with Crippen LogP contribution in [0.5, 0.6) is 0 Å². The fourth-order valence-electron chi connectivity index (χ4n) is 1.36. The van der Waals surface area contributed by atoms with E-state index in [4.69, 9.17) is 11.1 Å². The normalized spacial score (nSPS) is 9.25. The Morgan fingerprint density at radius 3 is 2.88 bits per heavy atom. The Kier molecular flexibility index (Phi) is 4.25. The van der Waals surface area contributed by atoms with Gasteiger partial charge in [0.25, 0.3) is 5.91 Å². The molecule has 0 aromatic heterocycles. The number of carbonyl (C=O) groups is 1. The molecule has 0 radical (unpaired) electrons. The molecule has 4 nitrogen and oxygen atoms in total. The van der Waals surface area contributed by atoms with Crippen molar-refractivity contribution in [2.45, 2.75) is 12.8 Å². The first kappa shape index (κ1) is 12.0. The number of nitrogens with zero attached hydrogens (tertiary/aromatic N) is 2. The second-order valence-electron chi connectivity index (χ2n) is 3.20. The molecule has 1 rings (SSSR count). The first-order chi connectivity index (χ1) is 7.70. The van der Waals surface area contributed by atoms with Gasteiger partial charge in [0.05, 0.1) is 11.8 Å². The highest BCUT2D eigenvalue weighted by atomic mass is 16.2. The molecule has 16 heavy (non-hydrogen) atoms. The van der Waals surface area contributed by atoms with Gasteiger partial charge in [0.15, 0.2) is 0 Å². The molecule has 0 aliphatic rings. The van der Waals surface area contributed by atoms with E-state index in [1.54, 1.807) is 12.1 Å². The van der Waals surface area contributed by atoms with Crippen LogP contribution < -0.4 is 10.9 Å². The molecule has 0 fully saturated rings. The Morgan fingerprint density at radius 2 is 2.25 bits per heavy atom. The number of carbonyl (C=O) groups excluding carboxylic acids is 1. The van der Waals surface area contributed by atoms with Crippen LogP contribution in [-0.2, 0) is 11.2 Å². The number of amides is 1. The van der Waals surface area contributed by atoms with Gasteiger partial charge in [-0.1, -0.05) is 24.8 Å². The Balaban J connectivity index is 2.98. The largest absolute Gasteiger partial charge is 0.268 e.